The van der Waals surface area contributed by atoms with Crippen LogP contribution in [0, 0.1) is 24.2 Å². The van der Waals surface area contributed by atoms with Gasteiger partial charge in [-0.25, -0.2) is 0 Å². The summed E-state index contributed by atoms with van der Waals surface area (Å²) in [7, 11) is 1.60. The highest BCUT2D eigenvalue weighted by Gasteiger charge is 2.12. The summed E-state index contributed by atoms with van der Waals surface area (Å²) in [6.45, 7) is 3.88. The Kier molecular flexibility index (Phi) is 4.39. The van der Waals surface area contributed by atoms with Crippen molar-refractivity contribution in [3.63, 3.8) is 0 Å². The summed E-state index contributed by atoms with van der Waals surface area (Å²) in [5.74, 6) is 0.307. The van der Waals surface area contributed by atoms with Gasteiger partial charge in [0.2, 0.25) is 0 Å². The third kappa shape index (κ3) is 3.29. The number of fused-ring (bicyclic) bond motifs is 1. The van der Waals surface area contributed by atoms with Crippen LogP contribution >= 0.6 is 0 Å². The lowest BCUT2D eigenvalue weighted by molar-refractivity contribution is 0.0950. The minimum Gasteiger partial charge on any atom is -0.497 e. The molecule has 0 aliphatic carbocycles. The van der Waals surface area contributed by atoms with Gasteiger partial charge in [0, 0.05) is 18.0 Å². The Morgan fingerprint density at radius 2 is 2.24 bits per heavy atom. The summed E-state index contributed by atoms with van der Waals surface area (Å²) in [6.07, 6.45) is 0. The molecule has 1 aromatic carbocycles. The van der Waals surface area contributed by atoms with E-state index in [1.807, 2.05) is 24.3 Å². The highest BCUT2D eigenvalue weighted by atomic mass is 16.5. The Labute approximate surface area is 123 Å². The topological polar surface area (TPSA) is 75.0 Å². The molecule has 0 bridgehead atoms. The summed E-state index contributed by atoms with van der Waals surface area (Å²) in [5, 5.41) is 12.4. The van der Waals surface area contributed by atoms with Crippen LogP contribution in [0.1, 0.15) is 23.0 Å². The molecule has 5 nitrogen and oxygen atoms in total. The monoisotopic (exact) mass is 283 g/mol. The number of nitrogens with zero attached hydrogens (tertiary/aromatic N) is 2. The van der Waals surface area contributed by atoms with Crippen molar-refractivity contribution in [2.24, 2.45) is 5.92 Å². The molecule has 0 radical (unpaired) electrons. The van der Waals surface area contributed by atoms with Gasteiger partial charge in [-0.15, -0.1) is 0 Å². The van der Waals surface area contributed by atoms with Crippen LogP contribution in [0.2, 0.25) is 0 Å². The van der Waals surface area contributed by atoms with Crippen molar-refractivity contribution in [2.45, 2.75) is 13.8 Å². The van der Waals surface area contributed by atoms with Gasteiger partial charge in [-0.2, -0.15) is 5.26 Å². The second-order valence-electron chi connectivity index (χ2n) is 4.92. The molecular formula is C16H17N3O2. The smallest absolute Gasteiger partial charge is 0.253 e. The van der Waals surface area contributed by atoms with Gasteiger partial charge in [-0.3, -0.25) is 9.78 Å². The molecule has 2 rings (SSSR count). The first-order valence-corrected chi connectivity index (χ1v) is 6.68. The predicted molar refractivity (Wildman–Crippen MR) is 80.1 cm³/mol. The maximum absolute atomic E-state index is 12.2. The van der Waals surface area contributed by atoms with E-state index < -0.39 is 0 Å². The number of pyridine rings is 1. The van der Waals surface area contributed by atoms with Crippen molar-refractivity contribution < 1.29 is 9.53 Å². The molecular weight excluding hydrogens is 266 g/mol. The molecule has 2 aromatic rings. The first-order chi connectivity index (χ1) is 10.0. The first kappa shape index (κ1) is 14.8. The van der Waals surface area contributed by atoms with E-state index in [1.165, 1.54) is 0 Å². The molecule has 21 heavy (non-hydrogen) atoms. The molecule has 1 N–H and O–H groups in total. The molecule has 0 unspecified atom stereocenters. The van der Waals surface area contributed by atoms with E-state index in [1.54, 1.807) is 21.0 Å². The number of amides is 1. The van der Waals surface area contributed by atoms with Crippen LogP contribution in [0.4, 0.5) is 0 Å². The maximum Gasteiger partial charge on any atom is 0.253 e. The number of carbonyl (C=O) groups is 1. The number of rotatable bonds is 4. The summed E-state index contributed by atoms with van der Waals surface area (Å²) in [4.78, 5) is 16.6. The van der Waals surface area contributed by atoms with E-state index in [9.17, 15) is 4.79 Å². The number of aromatic nitrogens is 1. The number of nitrogens with one attached hydrogen (secondary N) is 1. The van der Waals surface area contributed by atoms with Gasteiger partial charge in [0.05, 0.1) is 35.9 Å². The average molecular weight is 283 g/mol. The zero-order chi connectivity index (χ0) is 15.4. The summed E-state index contributed by atoms with van der Waals surface area (Å²) >= 11 is 0. The lowest BCUT2D eigenvalue weighted by Crippen LogP contribution is -2.28. The number of nitriles is 1. The number of carbonyl (C=O) groups excluding carboxylic acids is 1. The Balaban J connectivity index is 2.30. The molecule has 108 valence electrons. The first-order valence-electron chi connectivity index (χ1n) is 6.68. The largest absolute Gasteiger partial charge is 0.497 e. The normalized spacial score (nSPS) is 11.7. The number of hydrogen-bond acceptors (Lipinski definition) is 4. The summed E-state index contributed by atoms with van der Waals surface area (Å²) < 4.78 is 5.17. The van der Waals surface area contributed by atoms with E-state index in [-0.39, 0.29) is 11.8 Å². The van der Waals surface area contributed by atoms with Gasteiger partial charge in [0.15, 0.2) is 0 Å². The van der Waals surface area contributed by atoms with Crippen molar-refractivity contribution in [1.82, 2.24) is 10.3 Å². The van der Waals surface area contributed by atoms with Gasteiger partial charge < -0.3 is 10.1 Å². The SMILES string of the molecule is COc1ccc2cc(C(=O)NC[C@@H](C)C#N)c(C)nc2c1. The molecule has 1 atom stereocenters. The molecule has 0 fully saturated rings. The van der Waals surface area contributed by atoms with E-state index >= 15 is 0 Å². The van der Waals surface area contributed by atoms with Gasteiger partial charge in [0.25, 0.3) is 5.91 Å². The maximum atomic E-state index is 12.2. The zero-order valence-electron chi connectivity index (χ0n) is 12.3. The van der Waals surface area contributed by atoms with Crippen LogP contribution in [0.5, 0.6) is 5.75 Å². The second kappa shape index (κ2) is 6.23. The van der Waals surface area contributed by atoms with E-state index in [0.717, 1.165) is 16.7 Å². The van der Waals surface area contributed by atoms with Gasteiger partial charge in [0.1, 0.15) is 5.75 Å². The molecule has 1 heterocycles. The molecule has 0 saturated heterocycles. The molecule has 1 aromatic heterocycles. The van der Waals surface area contributed by atoms with Crippen LogP contribution in [0.15, 0.2) is 24.3 Å². The average Bonchev–Trinajstić information content (AvgIpc) is 2.50. The Morgan fingerprint density at radius 3 is 2.90 bits per heavy atom. The lowest BCUT2D eigenvalue weighted by Gasteiger charge is -2.10. The van der Waals surface area contributed by atoms with Gasteiger partial charge in [-0.05, 0) is 32.0 Å². The number of ether oxygens (including phenoxy) is 1. The molecule has 0 saturated carbocycles. The molecule has 5 heteroatoms. The minimum atomic E-state index is -0.216. The molecule has 1 amide bonds. The van der Waals surface area contributed by atoms with Crippen molar-refractivity contribution in [3.8, 4) is 11.8 Å². The highest BCUT2D eigenvalue weighted by molar-refractivity contribution is 5.98. The number of hydrogen-bond donors (Lipinski definition) is 1. The standard InChI is InChI=1S/C16H17N3O2/c1-10(8-17)9-18-16(20)14-6-12-4-5-13(21-3)7-15(12)19-11(14)2/h4-7,10H,9H2,1-3H3,(H,18,20)/t10-/m0/s1. The third-order valence-electron chi connectivity index (χ3n) is 3.25. The Hall–Kier alpha value is -2.61. The van der Waals surface area contributed by atoms with Crippen molar-refractivity contribution in [2.75, 3.05) is 13.7 Å². The summed E-state index contributed by atoms with van der Waals surface area (Å²) in [5.41, 5.74) is 1.96. The number of aryl methyl sites for hydroxylation is 1. The van der Waals surface area contributed by atoms with Gasteiger partial charge in [-0.1, -0.05) is 0 Å². The minimum absolute atomic E-state index is 0.209. The predicted octanol–water partition coefficient (Wildman–Crippen LogP) is 2.44. The fourth-order valence-electron chi connectivity index (χ4n) is 1.99. The number of benzene rings is 1. The van der Waals surface area contributed by atoms with Crippen LogP contribution < -0.4 is 10.1 Å². The fraction of sp³-hybridized carbons (Fsp3) is 0.312. The van der Waals surface area contributed by atoms with Crippen LogP contribution in [0.25, 0.3) is 10.9 Å². The molecule has 0 aliphatic rings. The van der Waals surface area contributed by atoms with E-state index in [0.29, 0.717) is 17.8 Å². The van der Waals surface area contributed by atoms with Crippen molar-refractivity contribution in [1.29, 1.82) is 5.26 Å². The lowest BCUT2D eigenvalue weighted by atomic mass is 10.1. The van der Waals surface area contributed by atoms with E-state index in [4.69, 9.17) is 10.00 Å². The van der Waals surface area contributed by atoms with Crippen molar-refractivity contribution in [3.05, 3.63) is 35.5 Å². The van der Waals surface area contributed by atoms with E-state index in [2.05, 4.69) is 16.4 Å². The van der Waals surface area contributed by atoms with Crippen LogP contribution in [-0.4, -0.2) is 24.5 Å². The molecule has 0 aliphatic heterocycles. The Bertz CT molecular complexity index is 719. The highest BCUT2D eigenvalue weighted by Crippen LogP contribution is 2.21. The van der Waals surface area contributed by atoms with Gasteiger partial charge >= 0.3 is 0 Å². The third-order valence-corrected chi connectivity index (χ3v) is 3.25. The van der Waals surface area contributed by atoms with Crippen molar-refractivity contribution >= 4 is 16.8 Å². The fourth-order valence-corrected chi connectivity index (χ4v) is 1.99. The number of methoxy groups -OCH3 is 1. The Morgan fingerprint density at radius 1 is 1.48 bits per heavy atom. The quantitative estimate of drug-likeness (QED) is 0.935. The summed E-state index contributed by atoms with van der Waals surface area (Å²) in [6, 6.07) is 9.43. The zero-order valence-corrected chi connectivity index (χ0v) is 12.3. The van der Waals surface area contributed by atoms with Crippen LogP contribution in [0.3, 0.4) is 0 Å². The molecule has 0 spiro atoms. The second-order valence-corrected chi connectivity index (χ2v) is 4.92. The van der Waals surface area contributed by atoms with Crippen LogP contribution in [-0.2, 0) is 0 Å².